The molecule has 0 unspecified atom stereocenters. The SMILES string of the molecule is B.CC(C)(C)B(C(C)(C)C)C(C)(C)C. The van der Waals surface area contributed by atoms with E-state index in [0.717, 1.165) is 6.71 Å². The monoisotopic (exact) mass is 196 g/mol. The number of rotatable bonds is 0. The van der Waals surface area contributed by atoms with Gasteiger partial charge in [-0.25, -0.2) is 0 Å². The van der Waals surface area contributed by atoms with Crippen molar-refractivity contribution in [1.82, 2.24) is 0 Å². The van der Waals surface area contributed by atoms with Gasteiger partial charge in [0.15, 0.2) is 6.71 Å². The van der Waals surface area contributed by atoms with Crippen molar-refractivity contribution in [3.05, 3.63) is 0 Å². The molecule has 0 aliphatic heterocycles. The Kier molecular flexibility index (Phi) is 5.12. The molecule has 14 heavy (non-hydrogen) atoms. The van der Waals surface area contributed by atoms with Gasteiger partial charge in [-0.05, 0) is 0 Å². The second-order valence-electron chi connectivity index (χ2n) is 7.53. The molecule has 0 spiro atoms. The fourth-order valence-corrected chi connectivity index (χ4v) is 3.90. The summed E-state index contributed by atoms with van der Waals surface area (Å²) in [5.41, 5.74) is 0. The summed E-state index contributed by atoms with van der Waals surface area (Å²) in [5.74, 6) is 0. The van der Waals surface area contributed by atoms with Crippen molar-refractivity contribution >= 4 is 15.1 Å². The van der Waals surface area contributed by atoms with Crippen molar-refractivity contribution in [1.29, 1.82) is 0 Å². The zero-order chi connectivity index (χ0) is 11.1. The van der Waals surface area contributed by atoms with Crippen molar-refractivity contribution in [3.8, 4) is 0 Å². The maximum atomic E-state index is 2.36. The van der Waals surface area contributed by atoms with E-state index in [1.165, 1.54) is 0 Å². The first-order valence-corrected chi connectivity index (χ1v) is 5.37. The molecular weight excluding hydrogens is 166 g/mol. The highest BCUT2D eigenvalue weighted by atomic mass is 14.2. The Bertz CT molecular complexity index is 131. The lowest BCUT2D eigenvalue weighted by Gasteiger charge is -2.46. The second kappa shape index (κ2) is 4.33. The Morgan fingerprint density at radius 2 is 0.643 bits per heavy atom. The fraction of sp³-hybridized carbons (Fsp3) is 1.00. The topological polar surface area (TPSA) is 0 Å². The van der Waals surface area contributed by atoms with Gasteiger partial charge in [0.25, 0.3) is 0 Å². The first kappa shape index (κ1) is 16.6. The van der Waals surface area contributed by atoms with E-state index in [1.54, 1.807) is 0 Å². The summed E-state index contributed by atoms with van der Waals surface area (Å²) in [6.07, 6.45) is 0. The van der Waals surface area contributed by atoms with Crippen LogP contribution >= 0.6 is 0 Å². The van der Waals surface area contributed by atoms with Gasteiger partial charge in [-0.3, -0.25) is 0 Å². The standard InChI is InChI=1S/C12H27B.BH3/c1-10(2,3)13(11(4,5)6)12(7,8)9;/h1-9H3;1H3. The molecule has 0 fully saturated rings. The van der Waals surface area contributed by atoms with Crippen molar-refractivity contribution in [2.24, 2.45) is 0 Å². The molecule has 0 aromatic carbocycles. The molecule has 0 rings (SSSR count). The van der Waals surface area contributed by atoms with Gasteiger partial charge in [-0.1, -0.05) is 78.3 Å². The molecule has 0 aliphatic rings. The van der Waals surface area contributed by atoms with Crippen LogP contribution in [-0.4, -0.2) is 15.1 Å². The van der Waals surface area contributed by atoms with Crippen LogP contribution < -0.4 is 0 Å². The molecule has 0 heterocycles. The van der Waals surface area contributed by atoms with E-state index < -0.39 is 0 Å². The van der Waals surface area contributed by atoms with Gasteiger partial charge in [0.1, 0.15) is 0 Å². The highest BCUT2D eigenvalue weighted by Gasteiger charge is 2.45. The lowest BCUT2D eigenvalue weighted by molar-refractivity contribution is 0.568. The molecule has 0 saturated carbocycles. The van der Waals surface area contributed by atoms with Crippen LogP contribution in [0.5, 0.6) is 0 Å². The van der Waals surface area contributed by atoms with Crippen molar-refractivity contribution in [3.63, 3.8) is 0 Å². The average molecular weight is 196 g/mol. The third-order valence-corrected chi connectivity index (χ3v) is 2.60. The molecule has 0 atom stereocenters. The highest BCUT2D eigenvalue weighted by Crippen LogP contribution is 2.52. The summed E-state index contributed by atoms with van der Waals surface area (Å²) in [5, 5.41) is 1.16. The lowest BCUT2D eigenvalue weighted by atomic mass is 9.15. The van der Waals surface area contributed by atoms with Gasteiger partial charge in [-0.15, -0.1) is 0 Å². The molecule has 0 amide bonds. The Balaban J connectivity index is 0. The van der Waals surface area contributed by atoms with E-state index in [9.17, 15) is 0 Å². The summed E-state index contributed by atoms with van der Waals surface area (Å²) in [7, 11) is 0. The summed E-state index contributed by atoms with van der Waals surface area (Å²) in [6, 6.07) is 0. The van der Waals surface area contributed by atoms with Gasteiger partial charge in [0.2, 0.25) is 0 Å². The molecule has 0 saturated heterocycles. The highest BCUT2D eigenvalue weighted by molar-refractivity contribution is 6.68. The van der Waals surface area contributed by atoms with Gasteiger partial charge in [0, 0.05) is 0 Å². The van der Waals surface area contributed by atoms with Crippen molar-refractivity contribution < 1.29 is 0 Å². The largest absolute Gasteiger partial charge is 0.156 e. The second-order valence-corrected chi connectivity index (χ2v) is 7.53. The Morgan fingerprint density at radius 1 is 0.500 bits per heavy atom. The fourth-order valence-electron chi connectivity index (χ4n) is 3.90. The summed E-state index contributed by atoms with van der Waals surface area (Å²) in [6.45, 7) is 21.9. The molecule has 0 bridgehead atoms. The van der Waals surface area contributed by atoms with Crippen LogP contribution in [0.1, 0.15) is 62.3 Å². The number of hydrogen-bond acceptors (Lipinski definition) is 0. The molecule has 0 aromatic rings. The molecule has 0 aliphatic carbocycles. The van der Waals surface area contributed by atoms with Crippen LogP contribution in [0.2, 0.25) is 15.9 Å². The van der Waals surface area contributed by atoms with Gasteiger partial charge < -0.3 is 0 Å². The maximum absolute atomic E-state index is 2.36. The average Bonchev–Trinajstić information content (AvgIpc) is 1.44. The normalized spacial score (nSPS) is 13.5. The predicted octanol–water partition coefficient (Wildman–Crippen LogP) is 3.70. The lowest BCUT2D eigenvalue weighted by Crippen LogP contribution is -2.42. The minimum absolute atomic E-state index is 0. The number of hydrogen-bond donors (Lipinski definition) is 0. The minimum atomic E-state index is 0. The van der Waals surface area contributed by atoms with E-state index in [4.69, 9.17) is 0 Å². The van der Waals surface area contributed by atoms with E-state index >= 15 is 0 Å². The Labute approximate surface area is 93.9 Å². The molecule has 0 radical (unpaired) electrons. The van der Waals surface area contributed by atoms with E-state index in [-0.39, 0.29) is 8.41 Å². The zero-order valence-corrected chi connectivity index (χ0v) is 11.1. The smallest absolute Gasteiger partial charge is 0.0667 e. The van der Waals surface area contributed by atoms with Crippen LogP contribution in [0.3, 0.4) is 0 Å². The maximum Gasteiger partial charge on any atom is 0.156 e. The van der Waals surface area contributed by atoms with E-state index in [0.29, 0.717) is 15.9 Å². The zero-order valence-electron chi connectivity index (χ0n) is 11.1. The quantitative estimate of drug-likeness (QED) is 0.518. The van der Waals surface area contributed by atoms with E-state index in [2.05, 4.69) is 62.3 Å². The van der Waals surface area contributed by atoms with Crippen LogP contribution in [0.15, 0.2) is 0 Å². The van der Waals surface area contributed by atoms with Crippen LogP contribution in [0, 0.1) is 0 Å². The van der Waals surface area contributed by atoms with Crippen molar-refractivity contribution in [2.75, 3.05) is 0 Å². The van der Waals surface area contributed by atoms with Gasteiger partial charge in [0.05, 0.1) is 8.41 Å². The minimum Gasteiger partial charge on any atom is -0.0667 e. The summed E-state index contributed by atoms with van der Waals surface area (Å²) < 4.78 is 0. The van der Waals surface area contributed by atoms with Gasteiger partial charge >= 0.3 is 0 Å². The Hall–Kier alpha value is 0.130. The van der Waals surface area contributed by atoms with Gasteiger partial charge in [-0.2, -0.15) is 0 Å². The molecular formula is C12H30B2. The van der Waals surface area contributed by atoms with Crippen LogP contribution in [-0.2, 0) is 0 Å². The molecule has 0 N–H and O–H groups in total. The molecule has 0 aromatic heterocycles. The Morgan fingerprint density at radius 3 is 0.643 bits per heavy atom. The first-order valence-electron chi connectivity index (χ1n) is 5.37. The summed E-state index contributed by atoms with van der Waals surface area (Å²) in [4.78, 5) is 0. The first-order chi connectivity index (χ1) is 5.37. The summed E-state index contributed by atoms with van der Waals surface area (Å²) >= 11 is 0. The van der Waals surface area contributed by atoms with E-state index in [1.807, 2.05) is 0 Å². The third-order valence-electron chi connectivity index (χ3n) is 2.60. The predicted molar refractivity (Wildman–Crippen MR) is 74.8 cm³/mol. The van der Waals surface area contributed by atoms with Crippen LogP contribution in [0.25, 0.3) is 0 Å². The molecule has 84 valence electrons. The third kappa shape index (κ3) is 4.57. The van der Waals surface area contributed by atoms with Crippen molar-refractivity contribution in [2.45, 2.75) is 78.3 Å². The van der Waals surface area contributed by atoms with Crippen LogP contribution in [0.4, 0.5) is 0 Å². The molecule has 0 nitrogen and oxygen atoms in total. The molecule has 2 heteroatoms.